The van der Waals surface area contributed by atoms with Crippen molar-refractivity contribution in [1.29, 1.82) is 0 Å². The van der Waals surface area contributed by atoms with E-state index in [0.717, 1.165) is 16.8 Å². The van der Waals surface area contributed by atoms with Crippen LogP contribution < -0.4 is 11.5 Å². The average Bonchev–Trinajstić information content (AvgIpc) is 3.18. The fraction of sp³-hybridized carbons (Fsp3) is 0.276. The first-order valence-corrected chi connectivity index (χ1v) is 11.9. The standard InChI is InChI=1S/C29H38N4O3/c1-6-11-20(12-7-2)27-23(18-24(30)22-13-9-10-14-25(22)35)29(31)32-28(27)21(15-16-34)17-19(4)33(5)26(36)8-3/h6-14,18-19,21,32,34-35H,1,3,15-17,30-31H2,2,4-5H3/b12-7-,20-11+,24-18-/t19-,21-/m1/s1. The second kappa shape index (κ2) is 13.2. The fourth-order valence-electron chi connectivity index (χ4n) is 4.27. The van der Waals surface area contributed by atoms with Crippen LogP contribution in [0.4, 0.5) is 5.82 Å². The molecule has 0 spiro atoms. The quantitative estimate of drug-likeness (QED) is 0.216. The van der Waals surface area contributed by atoms with E-state index in [0.29, 0.717) is 35.5 Å². The second-order valence-corrected chi connectivity index (χ2v) is 8.66. The number of likely N-dealkylation sites (N-methyl/N-ethyl adjacent to an activating group) is 1. The van der Waals surface area contributed by atoms with Crippen LogP contribution in [0.3, 0.4) is 0 Å². The molecule has 0 saturated heterocycles. The molecule has 7 heteroatoms. The number of aromatic hydroxyl groups is 1. The van der Waals surface area contributed by atoms with Gasteiger partial charge in [0.1, 0.15) is 11.6 Å². The topological polar surface area (TPSA) is 129 Å². The molecule has 2 rings (SSSR count). The van der Waals surface area contributed by atoms with Crippen LogP contribution in [0, 0.1) is 0 Å². The summed E-state index contributed by atoms with van der Waals surface area (Å²) in [5, 5.41) is 20.2. The Labute approximate surface area is 213 Å². The van der Waals surface area contributed by atoms with Crippen molar-refractivity contribution in [2.45, 2.75) is 38.6 Å². The summed E-state index contributed by atoms with van der Waals surface area (Å²) < 4.78 is 0. The highest BCUT2D eigenvalue weighted by Crippen LogP contribution is 2.39. The summed E-state index contributed by atoms with van der Waals surface area (Å²) in [6.07, 6.45) is 11.5. The Morgan fingerprint density at radius 3 is 2.56 bits per heavy atom. The first-order chi connectivity index (χ1) is 17.2. The number of nitrogens with zero attached hydrogens (tertiary/aromatic N) is 1. The Morgan fingerprint density at radius 2 is 1.97 bits per heavy atom. The highest BCUT2D eigenvalue weighted by Gasteiger charge is 2.27. The molecule has 0 bridgehead atoms. The van der Waals surface area contributed by atoms with Crippen molar-refractivity contribution in [3.05, 3.63) is 90.2 Å². The minimum absolute atomic E-state index is 0.0375. The molecule has 7 N–H and O–H groups in total. The van der Waals surface area contributed by atoms with E-state index in [1.165, 1.54) is 6.08 Å². The zero-order valence-electron chi connectivity index (χ0n) is 21.4. The number of para-hydroxylation sites is 1. The molecule has 7 nitrogen and oxygen atoms in total. The molecule has 1 aromatic heterocycles. The molecular weight excluding hydrogens is 452 g/mol. The van der Waals surface area contributed by atoms with Gasteiger partial charge < -0.3 is 31.6 Å². The number of phenolic OH excluding ortho intramolecular Hbond substituents is 1. The zero-order valence-corrected chi connectivity index (χ0v) is 21.4. The molecule has 192 valence electrons. The number of carbonyl (C=O) groups is 1. The van der Waals surface area contributed by atoms with Gasteiger partial charge in [-0.1, -0.05) is 49.6 Å². The van der Waals surface area contributed by atoms with Crippen molar-refractivity contribution in [3.63, 3.8) is 0 Å². The summed E-state index contributed by atoms with van der Waals surface area (Å²) in [5.74, 6) is 0.161. The molecule has 0 unspecified atom stereocenters. The van der Waals surface area contributed by atoms with E-state index < -0.39 is 0 Å². The Bertz CT molecular complexity index is 1170. The number of aromatic amines is 1. The van der Waals surface area contributed by atoms with Crippen LogP contribution >= 0.6 is 0 Å². The third-order valence-corrected chi connectivity index (χ3v) is 6.24. The number of nitrogens with one attached hydrogen (secondary N) is 1. The van der Waals surface area contributed by atoms with E-state index in [4.69, 9.17) is 11.5 Å². The number of amides is 1. The first kappa shape index (κ1) is 28.3. The summed E-state index contributed by atoms with van der Waals surface area (Å²) in [6, 6.07) is 6.71. The minimum Gasteiger partial charge on any atom is -0.507 e. The molecule has 0 aliphatic rings. The van der Waals surface area contributed by atoms with Gasteiger partial charge >= 0.3 is 0 Å². The number of nitrogens with two attached hydrogens (primary N) is 2. The molecule has 1 aromatic carbocycles. The summed E-state index contributed by atoms with van der Waals surface area (Å²) in [4.78, 5) is 17.1. The van der Waals surface area contributed by atoms with Gasteiger partial charge in [-0.3, -0.25) is 4.79 Å². The minimum atomic E-state index is -0.170. The third kappa shape index (κ3) is 6.58. The molecule has 0 aliphatic carbocycles. The first-order valence-electron chi connectivity index (χ1n) is 11.9. The number of benzene rings is 1. The molecule has 2 atom stereocenters. The predicted molar refractivity (Wildman–Crippen MR) is 150 cm³/mol. The summed E-state index contributed by atoms with van der Waals surface area (Å²) in [6.45, 7) is 11.3. The van der Waals surface area contributed by atoms with Gasteiger partial charge in [0.25, 0.3) is 0 Å². The van der Waals surface area contributed by atoms with E-state index in [1.807, 2.05) is 32.1 Å². The number of phenols is 1. The molecule has 0 radical (unpaired) electrons. The Hall–Kier alpha value is -3.97. The van der Waals surface area contributed by atoms with Gasteiger partial charge in [0.2, 0.25) is 5.91 Å². The van der Waals surface area contributed by atoms with Crippen LogP contribution in [0.5, 0.6) is 5.75 Å². The third-order valence-electron chi connectivity index (χ3n) is 6.24. The van der Waals surface area contributed by atoms with Crippen LogP contribution in [0.15, 0.2) is 67.8 Å². The number of hydrogen-bond donors (Lipinski definition) is 5. The van der Waals surface area contributed by atoms with Gasteiger partial charge in [0.05, 0.1) is 0 Å². The van der Waals surface area contributed by atoms with Gasteiger partial charge in [-0.25, -0.2) is 0 Å². The van der Waals surface area contributed by atoms with Crippen LogP contribution in [-0.2, 0) is 4.79 Å². The van der Waals surface area contributed by atoms with Crippen LogP contribution in [-0.4, -0.2) is 45.7 Å². The van der Waals surface area contributed by atoms with Crippen LogP contribution in [0.1, 0.15) is 55.0 Å². The monoisotopic (exact) mass is 490 g/mol. The van der Waals surface area contributed by atoms with Crippen molar-refractivity contribution in [2.24, 2.45) is 5.73 Å². The lowest BCUT2D eigenvalue weighted by molar-refractivity contribution is -0.126. The SMILES string of the molecule is C=C/C=C(\C=C/C)c1c([C@H](CCO)C[C@@H](C)N(C)C(=O)C=C)[nH]c(N)c1/C=C(\N)c1ccccc1O. The molecule has 2 aromatic rings. The van der Waals surface area contributed by atoms with E-state index in [-0.39, 0.29) is 30.2 Å². The zero-order chi connectivity index (χ0) is 26.8. The number of rotatable bonds is 12. The van der Waals surface area contributed by atoms with Gasteiger partial charge in [-0.05, 0) is 56.5 Å². The maximum absolute atomic E-state index is 12.2. The average molecular weight is 491 g/mol. The molecule has 1 heterocycles. The van der Waals surface area contributed by atoms with Crippen LogP contribution in [0.2, 0.25) is 0 Å². The largest absolute Gasteiger partial charge is 0.507 e. The number of carbonyl (C=O) groups excluding carboxylic acids is 1. The smallest absolute Gasteiger partial charge is 0.245 e. The summed E-state index contributed by atoms with van der Waals surface area (Å²) >= 11 is 0. The number of hydrogen-bond acceptors (Lipinski definition) is 5. The van der Waals surface area contributed by atoms with Gasteiger partial charge in [-0.15, -0.1) is 0 Å². The molecular formula is C29H38N4O3. The lowest BCUT2D eigenvalue weighted by Crippen LogP contribution is -2.35. The summed E-state index contributed by atoms with van der Waals surface area (Å²) in [5.41, 5.74) is 16.9. The van der Waals surface area contributed by atoms with E-state index in [1.54, 1.807) is 48.4 Å². The van der Waals surface area contributed by atoms with Crippen molar-refractivity contribution in [2.75, 3.05) is 19.4 Å². The number of allylic oxidation sites excluding steroid dienone is 5. The lowest BCUT2D eigenvalue weighted by Gasteiger charge is -2.28. The number of aliphatic hydroxyl groups is 1. The fourth-order valence-corrected chi connectivity index (χ4v) is 4.27. The van der Waals surface area contributed by atoms with Gasteiger partial charge in [0, 0.05) is 53.7 Å². The normalized spacial score (nSPS) is 14.0. The highest BCUT2D eigenvalue weighted by atomic mass is 16.3. The van der Waals surface area contributed by atoms with Crippen molar-refractivity contribution >= 4 is 29.1 Å². The van der Waals surface area contributed by atoms with E-state index in [2.05, 4.69) is 18.1 Å². The van der Waals surface area contributed by atoms with Crippen LogP contribution in [0.25, 0.3) is 17.3 Å². The number of anilines is 1. The highest BCUT2D eigenvalue weighted by molar-refractivity contribution is 5.93. The molecule has 0 fully saturated rings. The Morgan fingerprint density at radius 1 is 1.28 bits per heavy atom. The molecule has 0 aliphatic heterocycles. The molecule has 0 saturated carbocycles. The van der Waals surface area contributed by atoms with Gasteiger partial charge in [-0.2, -0.15) is 0 Å². The van der Waals surface area contributed by atoms with Crippen molar-refractivity contribution in [1.82, 2.24) is 9.88 Å². The van der Waals surface area contributed by atoms with Gasteiger partial charge in [0.15, 0.2) is 0 Å². The van der Waals surface area contributed by atoms with Crippen molar-refractivity contribution in [3.8, 4) is 5.75 Å². The van der Waals surface area contributed by atoms with E-state index >= 15 is 0 Å². The second-order valence-electron chi connectivity index (χ2n) is 8.66. The Balaban J connectivity index is 2.73. The molecule has 1 amide bonds. The van der Waals surface area contributed by atoms with Crippen molar-refractivity contribution < 1.29 is 15.0 Å². The Kier molecular flexibility index (Phi) is 10.4. The summed E-state index contributed by atoms with van der Waals surface area (Å²) in [7, 11) is 1.73. The lowest BCUT2D eigenvalue weighted by atomic mass is 9.87. The number of nitrogen functional groups attached to an aromatic ring is 1. The number of aromatic nitrogens is 1. The maximum Gasteiger partial charge on any atom is 0.245 e. The predicted octanol–water partition coefficient (Wildman–Crippen LogP) is 4.79. The van der Waals surface area contributed by atoms with E-state index in [9.17, 15) is 15.0 Å². The molecule has 36 heavy (non-hydrogen) atoms. The number of H-pyrrole nitrogens is 1. The number of aliphatic hydroxyl groups excluding tert-OH is 1. The maximum atomic E-state index is 12.2.